The fourth-order valence-corrected chi connectivity index (χ4v) is 2.39. The summed E-state index contributed by atoms with van der Waals surface area (Å²) in [6.07, 6.45) is 2.99. The summed E-state index contributed by atoms with van der Waals surface area (Å²) in [6.45, 7) is 1.23. The van der Waals surface area contributed by atoms with Crippen LogP contribution < -0.4 is 0 Å². The Kier molecular flexibility index (Phi) is 3.91. The standard InChI is InChI=1S/C12H14ClNO4/c13-11-9(4-6-18-11)12(17)14-5-3-8(7-14)1-2-10(15)16/h4,6,8H,1-3,5,7H2,(H,15,16). The minimum atomic E-state index is -0.794. The first-order valence-corrected chi connectivity index (χ1v) is 6.19. The van der Waals surface area contributed by atoms with E-state index in [1.54, 1.807) is 11.0 Å². The van der Waals surface area contributed by atoms with Gasteiger partial charge in [-0.3, -0.25) is 9.59 Å². The van der Waals surface area contributed by atoms with Crippen molar-refractivity contribution in [3.05, 3.63) is 23.1 Å². The van der Waals surface area contributed by atoms with Gasteiger partial charge >= 0.3 is 5.97 Å². The predicted octanol–water partition coefficient (Wildman–Crippen LogP) is 2.26. The fourth-order valence-electron chi connectivity index (χ4n) is 2.20. The number of halogens is 1. The Hall–Kier alpha value is -1.49. The summed E-state index contributed by atoms with van der Waals surface area (Å²) in [4.78, 5) is 24.3. The molecule has 1 aromatic heterocycles. The second-order valence-corrected chi connectivity index (χ2v) is 4.79. The van der Waals surface area contributed by atoms with Crippen molar-refractivity contribution < 1.29 is 19.1 Å². The van der Waals surface area contributed by atoms with Gasteiger partial charge in [0.15, 0.2) is 0 Å². The van der Waals surface area contributed by atoms with Crippen LogP contribution in [-0.4, -0.2) is 35.0 Å². The van der Waals surface area contributed by atoms with Gasteiger partial charge in [0.2, 0.25) is 5.22 Å². The molecule has 1 N–H and O–H groups in total. The van der Waals surface area contributed by atoms with Gasteiger partial charge in [0, 0.05) is 19.5 Å². The van der Waals surface area contributed by atoms with Gasteiger partial charge in [0.05, 0.1) is 11.8 Å². The Bertz CT molecular complexity index is 457. The van der Waals surface area contributed by atoms with Crippen LogP contribution in [0.3, 0.4) is 0 Å². The van der Waals surface area contributed by atoms with Gasteiger partial charge in [0.1, 0.15) is 0 Å². The second-order valence-electron chi connectivity index (χ2n) is 4.45. The largest absolute Gasteiger partial charge is 0.481 e. The Morgan fingerprint density at radius 3 is 2.94 bits per heavy atom. The lowest BCUT2D eigenvalue weighted by Gasteiger charge is -2.15. The highest BCUT2D eigenvalue weighted by atomic mass is 35.5. The van der Waals surface area contributed by atoms with Crippen LogP contribution in [-0.2, 0) is 4.79 Å². The molecule has 0 aromatic carbocycles. The quantitative estimate of drug-likeness (QED) is 0.912. The first-order valence-electron chi connectivity index (χ1n) is 5.82. The van der Waals surface area contributed by atoms with Crippen molar-refractivity contribution >= 4 is 23.5 Å². The molecule has 0 bridgehead atoms. The minimum Gasteiger partial charge on any atom is -0.481 e. The van der Waals surface area contributed by atoms with E-state index in [9.17, 15) is 9.59 Å². The van der Waals surface area contributed by atoms with Crippen LogP contribution in [0.4, 0.5) is 0 Å². The summed E-state index contributed by atoms with van der Waals surface area (Å²) < 4.78 is 4.89. The highest BCUT2D eigenvalue weighted by Gasteiger charge is 2.28. The summed E-state index contributed by atoms with van der Waals surface area (Å²) >= 11 is 5.76. The SMILES string of the molecule is O=C(O)CCC1CCN(C(=O)c2ccoc2Cl)C1. The van der Waals surface area contributed by atoms with E-state index in [0.29, 0.717) is 25.1 Å². The number of rotatable bonds is 4. The third-order valence-electron chi connectivity index (χ3n) is 3.19. The molecule has 2 rings (SSSR count). The number of hydrogen-bond donors (Lipinski definition) is 1. The summed E-state index contributed by atoms with van der Waals surface area (Å²) in [6, 6.07) is 1.55. The van der Waals surface area contributed by atoms with Crippen LogP contribution >= 0.6 is 11.6 Å². The van der Waals surface area contributed by atoms with Crippen molar-refractivity contribution in [2.24, 2.45) is 5.92 Å². The van der Waals surface area contributed by atoms with Crippen molar-refractivity contribution in [1.29, 1.82) is 0 Å². The summed E-state index contributed by atoms with van der Waals surface area (Å²) in [7, 11) is 0. The zero-order chi connectivity index (χ0) is 13.1. The van der Waals surface area contributed by atoms with Crippen LogP contribution in [0.5, 0.6) is 0 Å². The Morgan fingerprint density at radius 2 is 2.33 bits per heavy atom. The average molecular weight is 272 g/mol. The van der Waals surface area contributed by atoms with Crippen LogP contribution in [0.15, 0.2) is 16.7 Å². The molecule has 0 spiro atoms. The second kappa shape index (κ2) is 5.44. The lowest BCUT2D eigenvalue weighted by Crippen LogP contribution is -2.28. The maximum atomic E-state index is 12.1. The maximum absolute atomic E-state index is 12.1. The Balaban J connectivity index is 1.91. The van der Waals surface area contributed by atoms with Crippen LogP contribution in [0, 0.1) is 5.92 Å². The first kappa shape index (κ1) is 13.0. The van der Waals surface area contributed by atoms with Crippen molar-refractivity contribution in [2.45, 2.75) is 19.3 Å². The van der Waals surface area contributed by atoms with E-state index in [4.69, 9.17) is 21.1 Å². The number of carbonyl (C=O) groups excluding carboxylic acids is 1. The molecule has 1 aliphatic rings. The van der Waals surface area contributed by atoms with Gasteiger partial charge in [0.25, 0.3) is 5.91 Å². The molecule has 1 atom stereocenters. The molecule has 1 aliphatic heterocycles. The number of amides is 1. The van der Waals surface area contributed by atoms with Crippen molar-refractivity contribution in [3.63, 3.8) is 0 Å². The highest BCUT2D eigenvalue weighted by molar-refractivity contribution is 6.32. The van der Waals surface area contributed by atoms with Gasteiger partial charge in [-0.25, -0.2) is 0 Å². The lowest BCUT2D eigenvalue weighted by atomic mass is 10.0. The normalized spacial score (nSPS) is 19.2. The van der Waals surface area contributed by atoms with E-state index in [1.807, 2.05) is 0 Å². The summed E-state index contributed by atoms with van der Waals surface area (Å²) in [5, 5.41) is 8.73. The molecule has 98 valence electrons. The van der Waals surface area contributed by atoms with Crippen LogP contribution in [0.2, 0.25) is 5.22 Å². The van der Waals surface area contributed by atoms with Gasteiger partial charge in [-0.15, -0.1) is 0 Å². The van der Waals surface area contributed by atoms with Crippen molar-refractivity contribution in [3.8, 4) is 0 Å². The third-order valence-corrected chi connectivity index (χ3v) is 3.48. The van der Waals surface area contributed by atoms with Crippen LogP contribution in [0.25, 0.3) is 0 Å². The Labute approximate surface area is 109 Å². The smallest absolute Gasteiger partial charge is 0.303 e. The molecule has 0 saturated carbocycles. The molecule has 1 aromatic rings. The monoisotopic (exact) mass is 271 g/mol. The molecule has 1 fully saturated rings. The summed E-state index contributed by atoms with van der Waals surface area (Å²) in [5.74, 6) is -0.681. The molecule has 5 nitrogen and oxygen atoms in total. The van der Waals surface area contributed by atoms with E-state index in [1.165, 1.54) is 6.26 Å². The summed E-state index contributed by atoms with van der Waals surface area (Å²) in [5.41, 5.74) is 0.371. The number of hydrogen-bond acceptors (Lipinski definition) is 3. The van der Waals surface area contributed by atoms with Gasteiger partial charge in [-0.1, -0.05) is 0 Å². The number of carboxylic acids is 1. The molecule has 6 heteroatoms. The van der Waals surface area contributed by atoms with Gasteiger partial charge < -0.3 is 14.4 Å². The number of furan rings is 1. The number of likely N-dealkylation sites (tertiary alicyclic amines) is 1. The number of aliphatic carboxylic acids is 1. The molecule has 0 radical (unpaired) electrons. The van der Waals surface area contributed by atoms with Crippen molar-refractivity contribution in [1.82, 2.24) is 4.90 Å². The molecular formula is C12H14ClNO4. The maximum Gasteiger partial charge on any atom is 0.303 e. The van der Waals surface area contributed by atoms with E-state index >= 15 is 0 Å². The fraction of sp³-hybridized carbons (Fsp3) is 0.500. The first-order chi connectivity index (χ1) is 8.58. The highest BCUT2D eigenvalue weighted by Crippen LogP contribution is 2.25. The van der Waals surface area contributed by atoms with E-state index in [-0.39, 0.29) is 23.5 Å². The minimum absolute atomic E-state index is 0.106. The van der Waals surface area contributed by atoms with Crippen molar-refractivity contribution in [2.75, 3.05) is 13.1 Å². The zero-order valence-electron chi connectivity index (χ0n) is 9.76. The van der Waals surface area contributed by atoms with E-state index in [0.717, 1.165) is 6.42 Å². The lowest BCUT2D eigenvalue weighted by molar-refractivity contribution is -0.137. The molecule has 1 saturated heterocycles. The number of nitrogens with zero attached hydrogens (tertiary/aromatic N) is 1. The number of carbonyl (C=O) groups is 2. The molecule has 2 heterocycles. The van der Waals surface area contributed by atoms with E-state index in [2.05, 4.69) is 0 Å². The van der Waals surface area contributed by atoms with E-state index < -0.39 is 5.97 Å². The molecule has 1 unspecified atom stereocenters. The molecule has 0 aliphatic carbocycles. The third kappa shape index (κ3) is 2.85. The molecule has 18 heavy (non-hydrogen) atoms. The van der Waals surface area contributed by atoms with Gasteiger partial charge in [-0.2, -0.15) is 0 Å². The van der Waals surface area contributed by atoms with Gasteiger partial charge in [-0.05, 0) is 36.4 Å². The molecule has 1 amide bonds. The Morgan fingerprint density at radius 1 is 1.56 bits per heavy atom. The molecular weight excluding hydrogens is 258 g/mol. The number of carboxylic acid groups (broad SMARTS) is 1. The zero-order valence-corrected chi connectivity index (χ0v) is 10.5. The average Bonchev–Trinajstić information content (AvgIpc) is 2.94. The van der Waals surface area contributed by atoms with Crippen LogP contribution in [0.1, 0.15) is 29.6 Å². The topological polar surface area (TPSA) is 70.8 Å². The predicted molar refractivity (Wildman–Crippen MR) is 64.6 cm³/mol.